The van der Waals surface area contributed by atoms with Gasteiger partial charge < -0.3 is 15.2 Å². The van der Waals surface area contributed by atoms with Gasteiger partial charge in [-0.2, -0.15) is 0 Å². The molecule has 16 heavy (non-hydrogen) atoms. The molecule has 0 bridgehead atoms. The molecule has 0 spiro atoms. The summed E-state index contributed by atoms with van der Waals surface area (Å²) in [6, 6.07) is 6.09. The van der Waals surface area contributed by atoms with Crippen LogP contribution in [0.1, 0.15) is 17.5 Å². The van der Waals surface area contributed by atoms with E-state index in [1.807, 2.05) is 12.1 Å². The summed E-state index contributed by atoms with van der Waals surface area (Å²) in [6.07, 6.45) is 1.10. The van der Waals surface area contributed by atoms with Crippen LogP contribution in [0.4, 0.5) is 0 Å². The van der Waals surface area contributed by atoms with E-state index in [1.165, 1.54) is 0 Å². The van der Waals surface area contributed by atoms with Gasteiger partial charge in [-0.05, 0) is 18.9 Å². The molecule has 0 aromatic heterocycles. The highest BCUT2D eigenvalue weighted by atomic mass is 16.5. The van der Waals surface area contributed by atoms with Gasteiger partial charge in [-0.3, -0.25) is 0 Å². The minimum absolute atomic E-state index is 0.526. The van der Waals surface area contributed by atoms with Crippen molar-refractivity contribution in [2.45, 2.75) is 19.9 Å². The zero-order valence-electron chi connectivity index (χ0n) is 9.74. The van der Waals surface area contributed by atoms with Crippen molar-refractivity contribution in [3.05, 3.63) is 29.3 Å². The van der Waals surface area contributed by atoms with Gasteiger partial charge in [0.1, 0.15) is 5.75 Å². The second-order valence-corrected chi connectivity index (χ2v) is 4.31. The predicted octanol–water partition coefficient (Wildman–Crippen LogP) is 1.87. The van der Waals surface area contributed by atoms with Gasteiger partial charge >= 0.3 is 0 Å². The summed E-state index contributed by atoms with van der Waals surface area (Å²) in [5, 5.41) is 0. The molecule has 1 atom stereocenters. The molecule has 1 aliphatic rings. The van der Waals surface area contributed by atoms with Crippen LogP contribution in [0.5, 0.6) is 5.75 Å². The number of rotatable bonds is 4. The van der Waals surface area contributed by atoms with Crippen molar-refractivity contribution in [1.29, 1.82) is 0 Å². The summed E-state index contributed by atoms with van der Waals surface area (Å²) < 4.78 is 11.2. The second-order valence-electron chi connectivity index (χ2n) is 4.31. The highest BCUT2D eigenvalue weighted by Crippen LogP contribution is 2.24. The van der Waals surface area contributed by atoms with Crippen molar-refractivity contribution in [2.75, 3.05) is 19.8 Å². The fourth-order valence-corrected chi connectivity index (χ4v) is 2.00. The Morgan fingerprint density at radius 2 is 2.38 bits per heavy atom. The molecule has 0 amide bonds. The SMILES string of the molecule is Cc1cccc(CN)c1OCC1CCOC1. The lowest BCUT2D eigenvalue weighted by Crippen LogP contribution is -2.13. The molecule has 1 saturated heterocycles. The predicted molar refractivity (Wildman–Crippen MR) is 63.5 cm³/mol. The molecule has 0 aliphatic carbocycles. The van der Waals surface area contributed by atoms with Crippen molar-refractivity contribution < 1.29 is 9.47 Å². The average Bonchev–Trinajstić information content (AvgIpc) is 2.80. The molecule has 1 aliphatic heterocycles. The standard InChI is InChI=1S/C13H19NO2/c1-10-3-2-4-12(7-14)13(10)16-9-11-5-6-15-8-11/h2-4,11H,5-9,14H2,1H3. The lowest BCUT2D eigenvalue weighted by molar-refractivity contribution is 0.166. The number of aryl methyl sites for hydroxylation is 1. The molecule has 3 nitrogen and oxygen atoms in total. The maximum atomic E-state index is 5.88. The van der Waals surface area contributed by atoms with E-state index in [-0.39, 0.29) is 0 Å². The first-order valence-corrected chi connectivity index (χ1v) is 5.80. The second kappa shape index (κ2) is 5.32. The smallest absolute Gasteiger partial charge is 0.126 e. The van der Waals surface area contributed by atoms with Crippen molar-refractivity contribution in [1.82, 2.24) is 0 Å². The van der Waals surface area contributed by atoms with Crippen LogP contribution in [0.15, 0.2) is 18.2 Å². The van der Waals surface area contributed by atoms with Gasteiger partial charge in [0, 0.05) is 24.6 Å². The summed E-state index contributed by atoms with van der Waals surface area (Å²) >= 11 is 0. The lowest BCUT2D eigenvalue weighted by atomic mass is 10.1. The Kier molecular flexibility index (Phi) is 3.80. The number of hydrogen-bond donors (Lipinski definition) is 1. The van der Waals surface area contributed by atoms with E-state index < -0.39 is 0 Å². The minimum Gasteiger partial charge on any atom is -0.493 e. The van der Waals surface area contributed by atoms with E-state index in [0.29, 0.717) is 12.5 Å². The van der Waals surface area contributed by atoms with Gasteiger partial charge in [-0.1, -0.05) is 18.2 Å². The van der Waals surface area contributed by atoms with Crippen LogP contribution in [0.25, 0.3) is 0 Å². The molecule has 1 aromatic rings. The Morgan fingerprint density at radius 1 is 1.50 bits per heavy atom. The van der Waals surface area contributed by atoms with Gasteiger partial charge in [0.15, 0.2) is 0 Å². The third-order valence-electron chi connectivity index (χ3n) is 3.00. The first-order valence-electron chi connectivity index (χ1n) is 5.80. The fourth-order valence-electron chi connectivity index (χ4n) is 2.00. The molecule has 1 unspecified atom stereocenters. The third-order valence-corrected chi connectivity index (χ3v) is 3.00. The molecule has 0 radical (unpaired) electrons. The van der Waals surface area contributed by atoms with Crippen molar-refractivity contribution in [2.24, 2.45) is 11.7 Å². The Hall–Kier alpha value is -1.06. The maximum Gasteiger partial charge on any atom is 0.126 e. The van der Waals surface area contributed by atoms with E-state index in [0.717, 1.165) is 43.1 Å². The van der Waals surface area contributed by atoms with E-state index in [1.54, 1.807) is 0 Å². The van der Waals surface area contributed by atoms with E-state index in [2.05, 4.69) is 13.0 Å². The molecular formula is C13H19NO2. The maximum absolute atomic E-state index is 5.88. The van der Waals surface area contributed by atoms with Crippen LogP contribution in [0.2, 0.25) is 0 Å². The van der Waals surface area contributed by atoms with Crippen molar-refractivity contribution in [3.63, 3.8) is 0 Å². The number of para-hydroxylation sites is 1. The van der Waals surface area contributed by atoms with Crippen molar-refractivity contribution >= 4 is 0 Å². The van der Waals surface area contributed by atoms with E-state index in [9.17, 15) is 0 Å². The Balaban J connectivity index is 2.01. The number of nitrogens with two attached hydrogens (primary N) is 1. The summed E-state index contributed by atoms with van der Waals surface area (Å²) in [5.74, 6) is 1.49. The van der Waals surface area contributed by atoms with Gasteiger partial charge in [-0.15, -0.1) is 0 Å². The Bertz CT molecular complexity index is 346. The Morgan fingerprint density at radius 3 is 3.06 bits per heavy atom. The number of benzene rings is 1. The van der Waals surface area contributed by atoms with Gasteiger partial charge in [0.25, 0.3) is 0 Å². The third kappa shape index (κ3) is 2.54. The lowest BCUT2D eigenvalue weighted by Gasteiger charge is -2.15. The summed E-state index contributed by atoms with van der Waals surface area (Å²) in [7, 11) is 0. The molecule has 88 valence electrons. The van der Waals surface area contributed by atoms with Crippen LogP contribution in [0.3, 0.4) is 0 Å². The van der Waals surface area contributed by atoms with Crippen LogP contribution >= 0.6 is 0 Å². The van der Waals surface area contributed by atoms with Crippen LogP contribution < -0.4 is 10.5 Å². The molecule has 0 saturated carbocycles. The monoisotopic (exact) mass is 221 g/mol. The van der Waals surface area contributed by atoms with Gasteiger partial charge in [0.2, 0.25) is 0 Å². The topological polar surface area (TPSA) is 44.5 Å². The van der Waals surface area contributed by atoms with Gasteiger partial charge in [-0.25, -0.2) is 0 Å². The zero-order chi connectivity index (χ0) is 11.4. The highest BCUT2D eigenvalue weighted by molar-refractivity contribution is 5.40. The zero-order valence-corrected chi connectivity index (χ0v) is 9.74. The quantitative estimate of drug-likeness (QED) is 0.844. The fraction of sp³-hybridized carbons (Fsp3) is 0.538. The summed E-state index contributed by atoms with van der Waals surface area (Å²) in [4.78, 5) is 0. The van der Waals surface area contributed by atoms with E-state index >= 15 is 0 Å². The normalized spacial score (nSPS) is 20.0. The first kappa shape index (κ1) is 11.4. The largest absolute Gasteiger partial charge is 0.493 e. The van der Waals surface area contributed by atoms with E-state index in [4.69, 9.17) is 15.2 Å². The summed E-state index contributed by atoms with van der Waals surface area (Å²) in [6.45, 7) is 5.01. The number of hydrogen-bond acceptors (Lipinski definition) is 3. The van der Waals surface area contributed by atoms with Gasteiger partial charge in [0.05, 0.1) is 13.2 Å². The van der Waals surface area contributed by atoms with Crippen LogP contribution in [-0.4, -0.2) is 19.8 Å². The summed E-state index contributed by atoms with van der Waals surface area (Å²) in [5.41, 5.74) is 7.94. The molecular weight excluding hydrogens is 202 g/mol. The highest BCUT2D eigenvalue weighted by Gasteiger charge is 2.17. The van der Waals surface area contributed by atoms with Crippen molar-refractivity contribution in [3.8, 4) is 5.75 Å². The van der Waals surface area contributed by atoms with Crippen LogP contribution in [0, 0.1) is 12.8 Å². The molecule has 2 N–H and O–H groups in total. The molecule has 3 heteroatoms. The molecule has 1 fully saturated rings. The molecule has 2 rings (SSSR count). The minimum atomic E-state index is 0.526. The van der Waals surface area contributed by atoms with Crippen LogP contribution in [-0.2, 0) is 11.3 Å². The molecule has 1 aromatic carbocycles. The first-order chi connectivity index (χ1) is 7.81. The molecule has 1 heterocycles. The Labute approximate surface area is 96.5 Å². The average molecular weight is 221 g/mol. The number of ether oxygens (including phenoxy) is 2.